The number of ketones is 1. The van der Waals surface area contributed by atoms with Crippen molar-refractivity contribution < 1.29 is 4.79 Å². The quantitative estimate of drug-likeness (QED) is 0.505. The van der Waals surface area contributed by atoms with Crippen LogP contribution in [0.15, 0.2) is 48.0 Å². The number of fused-ring (bicyclic) bond motifs is 1. The van der Waals surface area contributed by atoms with Gasteiger partial charge in [0.05, 0.1) is 8.40 Å². The van der Waals surface area contributed by atoms with Gasteiger partial charge in [0, 0.05) is 28.1 Å². The highest BCUT2D eigenvalue weighted by atomic mass is 127. The summed E-state index contributed by atoms with van der Waals surface area (Å²) in [6, 6.07) is 11.6. The predicted octanol–water partition coefficient (Wildman–Crippen LogP) is 4.13. The summed E-state index contributed by atoms with van der Waals surface area (Å²) in [7, 11) is 0. The summed E-state index contributed by atoms with van der Waals surface area (Å²) in [5.74, 6) is 0.0346. The molecular formula is C14H8INOS. The molecule has 0 unspecified atom stereocenters. The molecule has 0 N–H and O–H groups in total. The number of nitrogens with zero attached hydrogens (tertiary/aromatic N) is 1. The summed E-state index contributed by atoms with van der Waals surface area (Å²) in [4.78, 5) is 16.6. The van der Waals surface area contributed by atoms with Crippen molar-refractivity contribution in [2.24, 2.45) is 0 Å². The van der Waals surface area contributed by atoms with Crippen LogP contribution in [0.4, 0.5) is 0 Å². The Morgan fingerprint density at radius 2 is 2.00 bits per heavy atom. The lowest BCUT2D eigenvalue weighted by atomic mass is 10.1. The maximum atomic E-state index is 12.3. The first-order valence-corrected chi connectivity index (χ1v) is 7.33. The number of hydrogen-bond acceptors (Lipinski definition) is 3. The number of halogens is 1. The zero-order chi connectivity index (χ0) is 12.5. The number of benzene rings is 1. The fourth-order valence-corrected chi connectivity index (χ4v) is 3.12. The fraction of sp³-hybridized carbons (Fsp3) is 0. The molecule has 1 aromatic carbocycles. The molecular weight excluding hydrogens is 357 g/mol. The first-order chi connectivity index (χ1) is 8.74. The van der Waals surface area contributed by atoms with E-state index in [1.165, 1.54) is 0 Å². The monoisotopic (exact) mass is 365 g/mol. The number of hydrogen-bond donors (Lipinski definition) is 0. The average Bonchev–Trinajstić information content (AvgIpc) is 2.84. The summed E-state index contributed by atoms with van der Waals surface area (Å²) >= 11 is 3.79. The Hall–Kier alpha value is -1.27. The van der Waals surface area contributed by atoms with Crippen molar-refractivity contribution in [3.8, 4) is 0 Å². The highest BCUT2D eigenvalue weighted by Crippen LogP contribution is 2.21. The number of carbonyl (C=O) groups excluding carboxylic acids is 1. The Bertz CT molecular complexity index is 735. The molecule has 18 heavy (non-hydrogen) atoms. The number of aromatic nitrogens is 1. The second-order valence-electron chi connectivity index (χ2n) is 3.89. The number of pyridine rings is 1. The number of rotatable bonds is 2. The lowest BCUT2D eigenvalue weighted by molar-refractivity contribution is 0.103. The van der Waals surface area contributed by atoms with Crippen molar-refractivity contribution in [2.45, 2.75) is 0 Å². The molecule has 0 spiro atoms. The third-order valence-corrected chi connectivity index (χ3v) is 4.47. The Morgan fingerprint density at radius 3 is 2.78 bits per heavy atom. The third-order valence-electron chi connectivity index (χ3n) is 2.68. The van der Waals surface area contributed by atoms with Gasteiger partial charge in [0.25, 0.3) is 0 Å². The van der Waals surface area contributed by atoms with E-state index in [-0.39, 0.29) is 5.78 Å². The van der Waals surface area contributed by atoms with Crippen molar-refractivity contribution in [2.75, 3.05) is 0 Å². The average molecular weight is 365 g/mol. The first kappa shape index (κ1) is 11.8. The highest BCUT2D eigenvalue weighted by Gasteiger charge is 2.11. The minimum Gasteiger partial charge on any atom is -0.289 e. The van der Waals surface area contributed by atoms with Gasteiger partial charge in [0.15, 0.2) is 5.78 Å². The molecule has 2 heterocycles. The predicted molar refractivity (Wildman–Crippen MR) is 82.2 cm³/mol. The van der Waals surface area contributed by atoms with Gasteiger partial charge in [-0.2, -0.15) is 0 Å². The lowest BCUT2D eigenvalue weighted by Crippen LogP contribution is -2.00. The Kier molecular flexibility index (Phi) is 3.13. The normalized spacial score (nSPS) is 10.7. The smallest absolute Gasteiger partial charge is 0.195 e. The van der Waals surface area contributed by atoms with Crippen molar-refractivity contribution in [3.05, 3.63) is 62.0 Å². The zero-order valence-electron chi connectivity index (χ0n) is 9.26. The van der Waals surface area contributed by atoms with E-state index >= 15 is 0 Å². The molecule has 0 aliphatic carbocycles. The lowest BCUT2D eigenvalue weighted by Gasteiger charge is -2.00. The molecule has 0 saturated heterocycles. The second-order valence-corrected chi connectivity index (χ2v) is 6.69. The molecule has 3 rings (SSSR count). The number of thiophene rings is 1. The van der Waals surface area contributed by atoms with Crippen molar-refractivity contribution in [3.63, 3.8) is 0 Å². The molecule has 0 radical (unpaired) electrons. The molecule has 0 atom stereocenters. The summed E-state index contributed by atoms with van der Waals surface area (Å²) < 4.78 is 1.12. The van der Waals surface area contributed by atoms with Gasteiger partial charge in [-0.05, 0) is 40.8 Å². The van der Waals surface area contributed by atoms with Gasteiger partial charge < -0.3 is 0 Å². The molecule has 0 bridgehead atoms. The molecule has 0 amide bonds. The van der Waals surface area contributed by atoms with Crippen molar-refractivity contribution >= 4 is 50.6 Å². The molecule has 88 valence electrons. The minimum atomic E-state index is 0.0346. The molecule has 4 heteroatoms. The van der Waals surface area contributed by atoms with Crippen LogP contribution in [0.25, 0.3) is 10.9 Å². The highest BCUT2D eigenvalue weighted by molar-refractivity contribution is 14.1. The largest absolute Gasteiger partial charge is 0.289 e. The van der Waals surface area contributed by atoms with E-state index in [4.69, 9.17) is 0 Å². The zero-order valence-corrected chi connectivity index (χ0v) is 12.2. The van der Waals surface area contributed by atoms with E-state index in [1.807, 2.05) is 41.8 Å². The SMILES string of the molecule is O=C(c1csc(I)c1)c1cnc2ccccc2c1. The molecule has 0 aliphatic heterocycles. The molecule has 0 saturated carbocycles. The summed E-state index contributed by atoms with van der Waals surface area (Å²) in [5, 5.41) is 2.88. The van der Waals surface area contributed by atoms with Crippen LogP contribution in [0.5, 0.6) is 0 Å². The van der Waals surface area contributed by atoms with Gasteiger partial charge in [0.1, 0.15) is 0 Å². The molecule has 0 fully saturated rings. The Morgan fingerprint density at radius 1 is 1.17 bits per heavy atom. The van der Waals surface area contributed by atoms with Gasteiger partial charge in [-0.3, -0.25) is 9.78 Å². The van der Waals surface area contributed by atoms with E-state index < -0.39 is 0 Å². The number of para-hydroxylation sites is 1. The number of carbonyl (C=O) groups is 1. The molecule has 2 nitrogen and oxygen atoms in total. The Labute approximate surface area is 122 Å². The second kappa shape index (κ2) is 4.78. The van der Waals surface area contributed by atoms with Gasteiger partial charge in [-0.1, -0.05) is 18.2 Å². The van der Waals surface area contributed by atoms with Crippen LogP contribution >= 0.6 is 33.9 Å². The van der Waals surface area contributed by atoms with Gasteiger partial charge >= 0.3 is 0 Å². The van der Waals surface area contributed by atoms with Crippen LogP contribution in [-0.2, 0) is 0 Å². The maximum Gasteiger partial charge on any atom is 0.195 e. The van der Waals surface area contributed by atoms with E-state index in [0.717, 1.165) is 19.4 Å². The van der Waals surface area contributed by atoms with Crippen LogP contribution in [-0.4, -0.2) is 10.8 Å². The summed E-state index contributed by atoms with van der Waals surface area (Å²) in [6.07, 6.45) is 1.65. The van der Waals surface area contributed by atoms with Gasteiger partial charge in [-0.25, -0.2) is 0 Å². The van der Waals surface area contributed by atoms with Crippen LogP contribution in [0.1, 0.15) is 15.9 Å². The van der Waals surface area contributed by atoms with Crippen molar-refractivity contribution in [1.29, 1.82) is 0 Å². The summed E-state index contributed by atoms with van der Waals surface area (Å²) in [5.41, 5.74) is 2.29. The van der Waals surface area contributed by atoms with Crippen LogP contribution in [0, 0.1) is 2.88 Å². The van der Waals surface area contributed by atoms with Gasteiger partial charge in [-0.15, -0.1) is 11.3 Å². The molecule has 0 aliphatic rings. The minimum absolute atomic E-state index is 0.0346. The standard InChI is InChI=1S/C14H8INOS/c15-13-6-11(8-18-13)14(17)10-5-9-3-1-2-4-12(9)16-7-10/h1-8H. The first-order valence-electron chi connectivity index (χ1n) is 5.37. The summed E-state index contributed by atoms with van der Waals surface area (Å²) in [6.45, 7) is 0. The van der Waals surface area contributed by atoms with E-state index in [2.05, 4.69) is 27.6 Å². The topological polar surface area (TPSA) is 30.0 Å². The molecule has 3 aromatic rings. The molecule has 2 aromatic heterocycles. The third kappa shape index (κ3) is 2.18. The van der Waals surface area contributed by atoms with E-state index in [0.29, 0.717) is 5.56 Å². The van der Waals surface area contributed by atoms with Crippen LogP contribution < -0.4 is 0 Å². The van der Waals surface area contributed by atoms with E-state index in [9.17, 15) is 4.79 Å². The van der Waals surface area contributed by atoms with Crippen LogP contribution in [0.2, 0.25) is 0 Å². The fourth-order valence-electron chi connectivity index (χ4n) is 1.79. The van der Waals surface area contributed by atoms with Gasteiger partial charge in [0.2, 0.25) is 0 Å². The van der Waals surface area contributed by atoms with Crippen LogP contribution in [0.3, 0.4) is 0 Å². The Balaban J connectivity index is 2.06. The maximum absolute atomic E-state index is 12.3. The van der Waals surface area contributed by atoms with Crippen molar-refractivity contribution in [1.82, 2.24) is 4.98 Å². The van der Waals surface area contributed by atoms with E-state index in [1.54, 1.807) is 17.5 Å².